The van der Waals surface area contributed by atoms with Crippen LogP contribution in [0, 0.1) is 23.0 Å². The van der Waals surface area contributed by atoms with Gasteiger partial charge < -0.3 is 25.6 Å². The van der Waals surface area contributed by atoms with Gasteiger partial charge in [-0.1, -0.05) is 35.9 Å². The third-order valence-corrected chi connectivity index (χ3v) is 6.43. The summed E-state index contributed by atoms with van der Waals surface area (Å²) in [5, 5.41) is 19.2. The Labute approximate surface area is 229 Å². The maximum atomic E-state index is 14.9. The summed E-state index contributed by atoms with van der Waals surface area (Å²) in [4.78, 5) is 10.6. The number of anilines is 5. The van der Waals surface area contributed by atoms with Crippen molar-refractivity contribution in [3.63, 3.8) is 0 Å². The number of hydrogen-bond donors (Lipinski definition) is 3. The predicted molar refractivity (Wildman–Crippen MR) is 147 cm³/mol. The second-order valence-electron chi connectivity index (χ2n) is 8.71. The van der Waals surface area contributed by atoms with E-state index in [9.17, 15) is 14.0 Å². The Kier molecular flexibility index (Phi) is 8.01. The molecule has 1 saturated heterocycles. The van der Waals surface area contributed by atoms with Crippen molar-refractivity contribution in [3.8, 4) is 11.8 Å². The molecule has 0 radical (unpaired) electrons. The number of hydrogen-bond acceptors (Lipinski definition) is 8. The van der Waals surface area contributed by atoms with Crippen LogP contribution in [0.15, 0.2) is 66.9 Å². The van der Waals surface area contributed by atoms with Gasteiger partial charge in [-0.15, -0.1) is 0 Å². The first kappa shape index (κ1) is 26.2. The monoisotopic (exact) mass is 547 g/mol. The summed E-state index contributed by atoms with van der Waals surface area (Å²) < 4.78 is 34.6. The van der Waals surface area contributed by atoms with Crippen LogP contribution in [0.3, 0.4) is 0 Å². The van der Waals surface area contributed by atoms with Gasteiger partial charge in [0, 0.05) is 37.4 Å². The minimum Gasteiger partial charge on any atom is -0.487 e. The fourth-order valence-corrected chi connectivity index (χ4v) is 4.27. The highest BCUT2D eigenvalue weighted by Gasteiger charge is 2.16. The zero-order valence-electron chi connectivity index (χ0n) is 20.7. The Balaban J connectivity index is 1.33. The number of nitrogens with zero attached hydrogens (tertiary/aromatic N) is 4. The number of ether oxygens (including phenoxy) is 1. The van der Waals surface area contributed by atoms with Crippen molar-refractivity contribution in [3.05, 3.63) is 94.6 Å². The molecular weight excluding hydrogens is 524 g/mol. The van der Waals surface area contributed by atoms with Crippen molar-refractivity contribution in [2.75, 3.05) is 41.7 Å². The summed E-state index contributed by atoms with van der Waals surface area (Å²) in [6.45, 7) is 3.27. The van der Waals surface area contributed by atoms with Crippen LogP contribution in [-0.2, 0) is 6.61 Å². The SMILES string of the molecule is N#Cc1c(Nc2nc(Nc3ccc(N4CCNCC4)cc3F)ncc2Cl)cccc1OCc1ccccc1F. The van der Waals surface area contributed by atoms with E-state index in [1.165, 1.54) is 18.3 Å². The lowest BCUT2D eigenvalue weighted by molar-refractivity contribution is 0.299. The molecule has 11 heteroatoms. The first-order valence-electron chi connectivity index (χ1n) is 12.2. The standard InChI is InChI=1S/C28H24ClF2N7O/c29-21-16-34-28(36-25-9-8-19(14-23(25)31)38-12-10-33-11-13-38)37-27(21)35-24-6-3-7-26(20(24)15-32)39-17-18-4-1-2-5-22(18)30/h1-9,14,16,33H,10-13,17H2,(H2,34,35,36,37). The lowest BCUT2D eigenvalue weighted by atomic mass is 10.1. The quantitative estimate of drug-likeness (QED) is 0.256. The molecular formula is C28H24ClF2N7O. The molecule has 0 bridgehead atoms. The largest absolute Gasteiger partial charge is 0.487 e. The Morgan fingerprint density at radius 3 is 2.59 bits per heavy atom. The van der Waals surface area contributed by atoms with Gasteiger partial charge in [0.1, 0.15) is 40.6 Å². The molecule has 8 nitrogen and oxygen atoms in total. The Morgan fingerprint density at radius 2 is 1.82 bits per heavy atom. The third kappa shape index (κ3) is 6.17. The van der Waals surface area contributed by atoms with Gasteiger partial charge in [-0.3, -0.25) is 0 Å². The number of benzene rings is 3. The first-order chi connectivity index (χ1) is 19.0. The average Bonchev–Trinajstić information content (AvgIpc) is 2.96. The van der Waals surface area contributed by atoms with Crippen molar-refractivity contribution in [1.82, 2.24) is 15.3 Å². The van der Waals surface area contributed by atoms with E-state index in [4.69, 9.17) is 16.3 Å². The van der Waals surface area contributed by atoms with E-state index in [0.717, 1.165) is 31.9 Å². The number of halogens is 3. The molecule has 1 fully saturated rings. The Bertz CT molecular complexity index is 1520. The van der Waals surface area contributed by atoms with Crippen LogP contribution in [0.4, 0.5) is 37.6 Å². The highest BCUT2D eigenvalue weighted by atomic mass is 35.5. The summed E-state index contributed by atoms with van der Waals surface area (Å²) in [5.41, 5.74) is 1.94. The number of piperazine rings is 1. The molecule has 1 aliphatic rings. The zero-order valence-corrected chi connectivity index (χ0v) is 21.5. The molecule has 0 unspecified atom stereocenters. The van der Waals surface area contributed by atoms with Crippen LogP contribution in [0.1, 0.15) is 11.1 Å². The molecule has 3 N–H and O–H groups in total. The van der Waals surface area contributed by atoms with Gasteiger partial charge in [-0.2, -0.15) is 10.2 Å². The summed E-state index contributed by atoms with van der Waals surface area (Å²) in [6.07, 6.45) is 1.37. The van der Waals surface area contributed by atoms with Gasteiger partial charge in [0.05, 0.1) is 17.6 Å². The van der Waals surface area contributed by atoms with E-state index in [-0.39, 0.29) is 40.4 Å². The summed E-state index contributed by atoms with van der Waals surface area (Å²) in [7, 11) is 0. The van der Waals surface area contributed by atoms with Crippen LogP contribution in [0.2, 0.25) is 5.02 Å². The van der Waals surface area contributed by atoms with Crippen molar-refractivity contribution in [1.29, 1.82) is 5.26 Å². The van der Waals surface area contributed by atoms with Crippen LogP contribution in [-0.4, -0.2) is 36.1 Å². The minimum absolute atomic E-state index is 0.0495. The van der Waals surface area contributed by atoms with E-state index < -0.39 is 11.6 Å². The van der Waals surface area contributed by atoms with Crippen LogP contribution in [0.25, 0.3) is 0 Å². The number of aromatic nitrogens is 2. The molecule has 39 heavy (non-hydrogen) atoms. The van der Waals surface area contributed by atoms with Gasteiger partial charge in [0.15, 0.2) is 5.82 Å². The summed E-state index contributed by atoms with van der Waals surface area (Å²) in [6, 6.07) is 18.3. The van der Waals surface area contributed by atoms with E-state index in [0.29, 0.717) is 11.3 Å². The smallest absolute Gasteiger partial charge is 0.229 e. The second-order valence-corrected chi connectivity index (χ2v) is 9.12. The molecule has 2 heterocycles. The molecule has 1 aliphatic heterocycles. The maximum absolute atomic E-state index is 14.9. The molecule has 5 rings (SSSR count). The van der Waals surface area contributed by atoms with Crippen LogP contribution in [0.5, 0.6) is 5.75 Å². The highest BCUT2D eigenvalue weighted by Crippen LogP contribution is 2.32. The molecule has 0 atom stereocenters. The molecule has 0 spiro atoms. The van der Waals surface area contributed by atoms with Crippen molar-refractivity contribution >= 4 is 40.4 Å². The van der Waals surface area contributed by atoms with Crippen molar-refractivity contribution in [2.45, 2.75) is 6.61 Å². The predicted octanol–water partition coefficient (Wildman–Crippen LogP) is 5.76. The molecule has 0 saturated carbocycles. The highest BCUT2D eigenvalue weighted by molar-refractivity contribution is 6.32. The molecule has 0 aliphatic carbocycles. The Hall–Kier alpha value is -4.46. The number of nitriles is 1. The van der Waals surface area contributed by atoms with Gasteiger partial charge in [0.25, 0.3) is 0 Å². The molecule has 3 aromatic carbocycles. The average molecular weight is 548 g/mol. The van der Waals surface area contributed by atoms with Crippen molar-refractivity contribution < 1.29 is 13.5 Å². The third-order valence-electron chi connectivity index (χ3n) is 6.16. The fourth-order valence-electron chi connectivity index (χ4n) is 4.13. The van der Waals surface area contributed by atoms with E-state index >= 15 is 0 Å². The number of nitrogens with one attached hydrogen (secondary N) is 3. The second kappa shape index (κ2) is 11.9. The summed E-state index contributed by atoms with van der Waals surface area (Å²) >= 11 is 6.33. The normalized spacial score (nSPS) is 13.0. The van der Waals surface area contributed by atoms with Gasteiger partial charge in [-0.25, -0.2) is 13.8 Å². The van der Waals surface area contributed by atoms with Crippen LogP contribution >= 0.6 is 11.6 Å². The van der Waals surface area contributed by atoms with Gasteiger partial charge >= 0.3 is 0 Å². The molecule has 0 amide bonds. The maximum Gasteiger partial charge on any atom is 0.229 e. The van der Waals surface area contributed by atoms with E-state index in [2.05, 4.69) is 36.9 Å². The van der Waals surface area contributed by atoms with E-state index in [1.54, 1.807) is 42.5 Å². The lowest BCUT2D eigenvalue weighted by Crippen LogP contribution is -2.43. The zero-order chi connectivity index (χ0) is 27.2. The first-order valence-corrected chi connectivity index (χ1v) is 12.6. The topological polar surface area (TPSA) is 98.1 Å². The van der Waals surface area contributed by atoms with Gasteiger partial charge in [0.2, 0.25) is 5.95 Å². The fraction of sp³-hybridized carbons (Fsp3) is 0.179. The van der Waals surface area contributed by atoms with Crippen LogP contribution < -0.4 is 25.6 Å². The number of rotatable bonds is 8. The minimum atomic E-state index is -0.439. The molecule has 198 valence electrons. The van der Waals surface area contributed by atoms with Gasteiger partial charge in [-0.05, 0) is 36.4 Å². The van der Waals surface area contributed by atoms with E-state index in [1.807, 2.05) is 6.07 Å². The Morgan fingerprint density at radius 1 is 1.00 bits per heavy atom. The molecule has 4 aromatic rings. The summed E-state index contributed by atoms with van der Waals surface area (Å²) in [5.74, 6) is -0.254. The lowest BCUT2D eigenvalue weighted by Gasteiger charge is -2.29. The van der Waals surface area contributed by atoms with Crippen molar-refractivity contribution in [2.24, 2.45) is 0 Å². The molecule has 1 aromatic heterocycles.